The minimum atomic E-state index is -0.391. The number of phenolic OH excluding ortho intramolecular Hbond substituents is 1. The molecule has 0 aromatic heterocycles. The number of nitrogen functional groups attached to an aromatic ring is 1. The number of carbonyl (C=O) groups excluding carboxylic acids is 1. The fourth-order valence-corrected chi connectivity index (χ4v) is 1.74. The van der Waals surface area contributed by atoms with Gasteiger partial charge in [-0.3, -0.25) is 4.79 Å². The van der Waals surface area contributed by atoms with Crippen LogP contribution in [0, 0.1) is 0 Å². The molecule has 4 N–H and O–H groups in total. The number of para-hydroxylation sites is 2. The smallest absolute Gasteiger partial charge is 0.273 e. The van der Waals surface area contributed by atoms with Gasteiger partial charge in [-0.2, -0.15) is 5.10 Å². The number of carbonyl (C=O) groups is 1. The van der Waals surface area contributed by atoms with Crippen LogP contribution in [0.3, 0.4) is 0 Å². The van der Waals surface area contributed by atoms with Gasteiger partial charge in [0.1, 0.15) is 5.75 Å². The van der Waals surface area contributed by atoms with Crippen LogP contribution in [-0.4, -0.2) is 16.7 Å². The van der Waals surface area contributed by atoms with Crippen molar-refractivity contribution in [3.63, 3.8) is 0 Å². The Morgan fingerprint density at radius 1 is 1.10 bits per heavy atom. The van der Waals surface area contributed by atoms with Gasteiger partial charge in [-0.15, -0.1) is 0 Å². The van der Waals surface area contributed by atoms with Gasteiger partial charge in [0.25, 0.3) is 5.91 Å². The molecule has 1 amide bonds. The van der Waals surface area contributed by atoms with Crippen molar-refractivity contribution in [2.75, 3.05) is 5.73 Å². The number of nitrogens with zero attached hydrogens (tertiary/aromatic N) is 1. The zero-order valence-electron chi connectivity index (χ0n) is 11.0. The number of nitrogens with one attached hydrogen (secondary N) is 1. The maximum atomic E-state index is 11.9. The van der Waals surface area contributed by atoms with Crippen LogP contribution in [0.2, 0.25) is 0 Å². The highest BCUT2D eigenvalue weighted by Gasteiger charge is 2.08. The zero-order chi connectivity index (χ0) is 14.5. The van der Waals surface area contributed by atoms with Crippen molar-refractivity contribution in [2.45, 2.75) is 6.92 Å². The number of aromatic hydroxyl groups is 1. The first-order valence-corrected chi connectivity index (χ1v) is 6.07. The lowest BCUT2D eigenvalue weighted by Gasteiger charge is -2.06. The van der Waals surface area contributed by atoms with Crippen LogP contribution in [0.5, 0.6) is 5.75 Å². The van der Waals surface area contributed by atoms with E-state index in [1.807, 2.05) is 0 Å². The molecule has 0 aliphatic rings. The largest absolute Gasteiger partial charge is 0.507 e. The Morgan fingerprint density at radius 3 is 2.35 bits per heavy atom. The maximum absolute atomic E-state index is 11.9. The van der Waals surface area contributed by atoms with Crippen molar-refractivity contribution in [1.82, 2.24) is 5.43 Å². The van der Waals surface area contributed by atoms with Gasteiger partial charge in [0.2, 0.25) is 0 Å². The number of amides is 1. The van der Waals surface area contributed by atoms with Gasteiger partial charge in [0.05, 0.1) is 11.3 Å². The number of hydrazone groups is 1. The van der Waals surface area contributed by atoms with E-state index in [-0.39, 0.29) is 5.75 Å². The van der Waals surface area contributed by atoms with E-state index < -0.39 is 5.91 Å². The standard InChI is InChI=1S/C15H15N3O2/c1-10(11-6-3-5-9-14(11)19)17-18-15(20)12-7-2-4-8-13(12)16/h2-9,19H,16H2,1H3,(H,18,20). The van der Waals surface area contributed by atoms with Gasteiger partial charge in [-0.05, 0) is 31.2 Å². The van der Waals surface area contributed by atoms with Gasteiger partial charge in [0, 0.05) is 11.3 Å². The Labute approximate surface area is 116 Å². The summed E-state index contributed by atoms with van der Waals surface area (Å²) in [7, 11) is 0. The lowest BCUT2D eigenvalue weighted by atomic mass is 10.1. The van der Waals surface area contributed by atoms with Crippen LogP contribution in [0.1, 0.15) is 22.8 Å². The van der Waals surface area contributed by atoms with Gasteiger partial charge in [0.15, 0.2) is 0 Å². The second-order valence-electron chi connectivity index (χ2n) is 4.24. The molecule has 5 heteroatoms. The van der Waals surface area contributed by atoms with E-state index in [4.69, 9.17) is 5.73 Å². The van der Waals surface area contributed by atoms with E-state index in [1.165, 1.54) is 0 Å². The Kier molecular flexibility index (Phi) is 4.00. The molecule has 2 aromatic carbocycles. The van der Waals surface area contributed by atoms with Crippen molar-refractivity contribution in [3.05, 3.63) is 59.7 Å². The van der Waals surface area contributed by atoms with Crippen LogP contribution in [0.15, 0.2) is 53.6 Å². The first-order valence-electron chi connectivity index (χ1n) is 6.07. The summed E-state index contributed by atoms with van der Waals surface area (Å²) in [6.45, 7) is 1.70. The van der Waals surface area contributed by atoms with E-state index in [1.54, 1.807) is 55.5 Å². The summed E-state index contributed by atoms with van der Waals surface area (Å²) in [6.07, 6.45) is 0. The van der Waals surface area contributed by atoms with Crippen molar-refractivity contribution < 1.29 is 9.90 Å². The summed E-state index contributed by atoms with van der Waals surface area (Å²) in [6, 6.07) is 13.5. The number of rotatable bonds is 3. The number of phenols is 1. The maximum Gasteiger partial charge on any atom is 0.273 e. The third kappa shape index (κ3) is 2.95. The molecule has 0 radical (unpaired) electrons. The van der Waals surface area contributed by atoms with E-state index >= 15 is 0 Å². The van der Waals surface area contributed by atoms with E-state index in [0.29, 0.717) is 22.5 Å². The molecule has 0 heterocycles. The van der Waals surface area contributed by atoms with E-state index in [0.717, 1.165) is 0 Å². The SMILES string of the molecule is CC(=NNC(=O)c1ccccc1N)c1ccccc1O. The van der Waals surface area contributed by atoms with Crippen LogP contribution in [0.25, 0.3) is 0 Å². The van der Waals surface area contributed by atoms with Gasteiger partial charge < -0.3 is 10.8 Å². The molecular weight excluding hydrogens is 254 g/mol. The normalized spacial score (nSPS) is 11.2. The Balaban J connectivity index is 2.16. The van der Waals surface area contributed by atoms with Gasteiger partial charge in [-0.25, -0.2) is 5.43 Å². The molecule has 0 spiro atoms. The van der Waals surface area contributed by atoms with Crippen molar-refractivity contribution in [2.24, 2.45) is 5.10 Å². The topological polar surface area (TPSA) is 87.7 Å². The summed E-state index contributed by atoms with van der Waals surface area (Å²) in [5, 5.41) is 13.7. The van der Waals surface area contributed by atoms with E-state index in [2.05, 4.69) is 10.5 Å². The third-order valence-corrected chi connectivity index (χ3v) is 2.82. The van der Waals surface area contributed by atoms with Gasteiger partial charge in [-0.1, -0.05) is 24.3 Å². The Hall–Kier alpha value is -2.82. The van der Waals surface area contributed by atoms with Crippen LogP contribution in [0.4, 0.5) is 5.69 Å². The second-order valence-corrected chi connectivity index (χ2v) is 4.24. The first-order chi connectivity index (χ1) is 9.59. The summed E-state index contributed by atoms with van der Waals surface area (Å²) in [4.78, 5) is 11.9. The third-order valence-electron chi connectivity index (χ3n) is 2.82. The molecular formula is C15H15N3O2. The van der Waals surface area contributed by atoms with Gasteiger partial charge >= 0.3 is 0 Å². The van der Waals surface area contributed by atoms with Crippen molar-refractivity contribution in [1.29, 1.82) is 0 Å². The molecule has 0 saturated heterocycles. The summed E-state index contributed by atoms with van der Waals surface area (Å²) in [5.74, 6) is -0.278. The average molecular weight is 269 g/mol. The minimum absolute atomic E-state index is 0.113. The number of benzene rings is 2. The molecule has 0 atom stereocenters. The summed E-state index contributed by atoms with van der Waals surface area (Å²) < 4.78 is 0. The molecule has 0 aliphatic heterocycles. The molecule has 0 aliphatic carbocycles. The highest BCUT2D eigenvalue weighted by Crippen LogP contribution is 2.16. The molecule has 2 aromatic rings. The molecule has 5 nitrogen and oxygen atoms in total. The fourth-order valence-electron chi connectivity index (χ4n) is 1.74. The average Bonchev–Trinajstić information content (AvgIpc) is 2.45. The van der Waals surface area contributed by atoms with Crippen molar-refractivity contribution >= 4 is 17.3 Å². The highest BCUT2D eigenvalue weighted by atomic mass is 16.3. The summed E-state index contributed by atoms with van der Waals surface area (Å²) >= 11 is 0. The molecule has 0 saturated carbocycles. The summed E-state index contributed by atoms with van der Waals surface area (Å²) in [5.41, 5.74) is 9.96. The minimum Gasteiger partial charge on any atom is -0.507 e. The highest BCUT2D eigenvalue weighted by molar-refractivity contribution is 6.03. The molecule has 20 heavy (non-hydrogen) atoms. The quantitative estimate of drug-likeness (QED) is 0.453. The predicted octanol–water partition coefficient (Wildman–Crippen LogP) is 2.13. The number of anilines is 1. The zero-order valence-corrected chi connectivity index (χ0v) is 11.0. The van der Waals surface area contributed by atoms with E-state index in [9.17, 15) is 9.90 Å². The lowest BCUT2D eigenvalue weighted by Crippen LogP contribution is -2.20. The number of hydrogen-bond donors (Lipinski definition) is 3. The molecule has 2 rings (SSSR count). The number of nitrogens with two attached hydrogens (primary N) is 1. The van der Waals surface area contributed by atoms with Crippen LogP contribution < -0.4 is 11.2 Å². The molecule has 102 valence electrons. The van der Waals surface area contributed by atoms with Crippen LogP contribution in [-0.2, 0) is 0 Å². The second kappa shape index (κ2) is 5.88. The first kappa shape index (κ1) is 13.6. The molecule has 0 unspecified atom stereocenters. The van der Waals surface area contributed by atoms with Crippen LogP contribution >= 0.6 is 0 Å². The van der Waals surface area contributed by atoms with Crippen molar-refractivity contribution in [3.8, 4) is 5.75 Å². The lowest BCUT2D eigenvalue weighted by molar-refractivity contribution is 0.0955. The monoisotopic (exact) mass is 269 g/mol. The molecule has 0 fully saturated rings. The molecule has 0 bridgehead atoms. The fraction of sp³-hybridized carbons (Fsp3) is 0.0667. The Morgan fingerprint density at radius 2 is 1.70 bits per heavy atom. The Bertz CT molecular complexity index is 666. The predicted molar refractivity (Wildman–Crippen MR) is 78.6 cm³/mol. The number of hydrogen-bond acceptors (Lipinski definition) is 4.